The topological polar surface area (TPSA) is 26.3 Å². The Morgan fingerprint density at radius 3 is 2.92 bits per heavy atom. The third kappa shape index (κ3) is 4.01. The molecule has 1 rings (SSSR count). The van der Waals surface area contributed by atoms with Crippen LogP contribution in [0.1, 0.15) is 19.3 Å². The van der Waals surface area contributed by atoms with Crippen molar-refractivity contribution in [1.82, 2.24) is 0 Å². The molecular formula is C9H12Cl2O2. The van der Waals surface area contributed by atoms with Crippen LogP contribution in [0.15, 0.2) is 12.2 Å². The predicted molar refractivity (Wildman–Crippen MR) is 53.2 cm³/mol. The maximum Gasteiger partial charge on any atom is 0.324 e. The highest BCUT2D eigenvalue weighted by Crippen LogP contribution is 2.17. The van der Waals surface area contributed by atoms with E-state index in [1.807, 2.05) is 12.2 Å². The van der Waals surface area contributed by atoms with Gasteiger partial charge in [-0.15, -0.1) is 23.2 Å². The molecule has 0 amide bonds. The van der Waals surface area contributed by atoms with E-state index < -0.39 is 5.38 Å². The van der Waals surface area contributed by atoms with Gasteiger partial charge in [-0.25, -0.2) is 0 Å². The van der Waals surface area contributed by atoms with E-state index in [2.05, 4.69) is 0 Å². The van der Waals surface area contributed by atoms with Gasteiger partial charge >= 0.3 is 5.97 Å². The number of allylic oxidation sites excluding steroid dienone is 1. The van der Waals surface area contributed by atoms with Crippen molar-refractivity contribution in [2.45, 2.75) is 30.0 Å². The number of hydrogen-bond acceptors (Lipinski definition) is 2. The molecule has 0 aromatic carbocycles. The molecule has 0 saturated carbocycles. The Balaban J connectivity index is 2.52. The smallest absolute Gasteiger partial charge is 0.324 e. The minimum absolute atomic E-state index is 0.0793. The molecule has 74 valence electrons. The van der Waals surface area contributed by atoms with Crippen molar-refractivity contribution >= 4 is 29.2 Å². The molecule has 0 aromatic heterocycles. The fraction of sp³-hybridized carbons (Fsp3) is 0.667. The van der Waals surface area contributed by atoms with Gasteiger partial charge in [-0.05, 0) is 19.3 Å². The van der Waals surface area contributed by atoms with E-state index in [1.165, 1.54) is 0 Å². The van der Waals surface area contributed by atoms with Crippen molar-refractivity contribution in [3.05, 3.63) is 12.2 Å². The van der Waals surface area contributed by atoms with Gasteiger partial charge in [0.15, 0.2) is 0 Å². The Labute approximate surface area is 87.8 Å². The van der Waals surface area contributed by atoms with E-state index in [-0.39, 0.29) is 11.3 Å². The molecule has 13 heavy (non-hydrogen) atoms. The summed E-state index contributed by atoms with van der Waals surface area (Å²) >= 11 is 11.7. The zero-order valence-electron chi connectivity index (χ0n) is 7.21. The average molecular weight is 223 g/mol. The van der Waals surface area contributed by atoms with Gasteiger partial charge in [0.25, 0.3) is 0 Å². The summed E-state index contributed by atoms with van der Waals surface area (Å²) in [5, 5.41) is -0.682. The molecule has 0 fully saturated rings. The van der Waals surface area contributed by atoms with Crippen LogP contribution in [0, 0.1) is 0 Å². The standard InChI is InChI=1S/C9H12Cl2O2/c10-7-4-2-1-3-5-13-9(12)8(11)6-7/h1-2,7-8H,3-6H2/b2-1-/t7-,8-/m1/s1. The number of alkyl halides is 2. The third-order valence-corrected chi connectivity index (χ3v) is 2.52. The largest absolute Gasteiger partial charge is 0.464 e. The molecule has 0 spiro atoms. The van der Waals surface area contributed by atoms with Crippen LogP contribution in [0.3, 0.4) is 0 Å². The second-order valence-corrected chi connectivity index (χ2v) is 4.11. The highest BCUT2D eigenvalue weighted by atomic mass is 35.5. The Bertz CT molecular complexity index is 204. The lowest BCUT2D eigenvalue weighted by atomic mass is 10.1. The van der Waals surface area contributed by atoms with Crippen LogP contribution in [0.5, 0.6) is 0 Å². The summed E-state index contributed by atoms with van der Waals surface area (Å²) in [4.78, 5) is 11.1. The first-order valence-corrected chi connectivity index (χ1v) is 5.17. The third-order valence-electron chi connectivity index (χ3n) is 1.81. The number of cyclic esters (lactones) is 1. The second kappa shape index (κ2) is 5.51. The molecule has 0 saturated heterocycles. The number of carbonyl (C=O) groups excluding carboxylic acids is 1. The van der Waals surface area contributed by atoms with Crippen LogP contribution < -0.4 is 0 Å². The SMILES string of the molecule is O=C1OCC/C=C\C[C@@H](Cl)C[C@H]1Cl. The Morgan fingerprint density at radius 1 is 1.38 bits per heavy atom. The minimum Gasteiger partial charge on any atom is -0.464 e. The number of ether oxygens (including phenoxy) is 1. The highest BCUT2D eigenvalue weighted by Gasteiger charge is 2.20. The lowest BCUT2D eigenvalue weighted by molar-refractivity contribution is -0.143. The lowest BCUT2D eigenvalue weighted by Crippen LogP contribution is -2.22. The fourth-order valence-corrected chi connectivity index (χ4v) is 1.75. The molecule has 1 heterocycles. The molecule has 0 unspecified atom stereocenters. The first kappa shape index (κ1) is 10.9. The first-order valence-electron chi connectivity index (χ1n) is 4.30. The van der Waals surface area contributed by atoms with Crippen LogP contribution in [0.25, 0.3) is 0 Å². The van der Waals surface area contributed by atoms with Gasteiger partial charge in [0, 0.05) is 5.38 Å². The van der Waals surface area contributed by atoms with Crippen LogP contribution in [0.4, 0.5) is 0 Å². The Hall–Kier alpha value is -0.210. The predicted octanol–water partition coefficient (Wildman–Crippen LogP) is 2.48. The number of rotatable bonds is 0. The van der Waals surface area contributed by atoms with E-state index >= 15 is 0 Å². The fourth-order valence-electron chi connectivity index (χ4n) is 1.10. The van der Waals surface area contributed by atoms with Crippen molar-refractivity contribution < 1.29 is 9.53 Å². The first-order chi connectivity index (χ1) is 6.20. The van der Waals surface area contributed by atoms with Crippen molar-refractivity contribution in [3.63, 3.8) is 0 Å². The quantitative estimate of drug-likeness (QED) is 0.358. The maximum atomic E-state index is 11.1. The number of esters is 1. The van der Waals surface area contributed by atoms with E-state index in [0.29, 0.717) is 13.0 Å². The van der Waals surface area contributed by atoms with Crippen LogP contribution in [0.2, 0.25) is 0 Å². The molecule has 1 aliphatic rings. The molecule has 0 N–H and O–H groups in total. The molecule has 4 heteroatoms. The number of hydrogen-bond donors (Lipinski definition) is 0. The number of halogens is 2. The second-order valence-electron chi connectivity index (χ2n) is 2.96. The Morgan fingerprint density at radius 2 is 2.15 bits per heavy atom. The average Bonchev–Trinajstić information content (AvgIpc) is 2.09. The molecule has 0 radical (unpaired) electrons. The van der Waals surface area contributed by atoms with E-state index in [9.17, 15) is 4.79 Å². The molecular weight excluding hydrogens is 211 g/mol. The number of carbonyl (C=O) groups is 1. The van der Waals surface area contributed by atoms with Crippen molar-refractivity contribution in [3.8, 4) is 0 Å². The van der Waals surface area contributed by atoms with Crippen molar-refractivity contribution in [2.75, 3.05) is 6.61 Å². The zero-order chi connectivity index (χ0) is 9.68. The van der Waals surface area contributed by atoms with Crippen LogP contribution >= 0.6 is 23.2 Å². The molecule has 0 aliphatic carbocycles. The van der Waals surface area contributed by atoms with Crippen molar-refractivity contribution in [2.24, 2.45) is 0 Å². The van der Waals surface area contributed by atoms with Crippen LogP contribution in [-0.2, 0) is 9.53 Å². The van der Waals surface area contributed by atoms with E-state index in [1.54, 1.807) is 0 Å². The van der Waals surface area contributed by atoms with E-state index in [0.717, 1.165) is 12.8 Å². The summed E-state index contributed by atoms with van der Waals surface area (Å²) < 4.78 is 4.90. The monoisotopic (exact) mass is 222 g/mol. The van der Waals surface area contributed by atoms with Gasteiger partial charge in [-0.1, -0.05) is 12.2 Å². The van der Waals surface area contributed by atoms with Gasteiger partial charge in [0.1, 0.15) is 5.38 Å². The summed E-state index contributed by atoms with van der Waals surface area (Å²) in [5.74, 6) is -0.359. The molecule has 0 bridgehead atoms. The highest BCUT2D eigenvalue weighted by molar-refractivity contribution is 6.30. The molecule has 2 atom stereocenters. The normalized spacial score (nSPS) is 33.5. The lowest BCUT2D eigenvalue weighted by Gasteiger charge is -2.13. The Kier molecular flexibility index (Phi) is 4.60. The van der Waals surface area contributed by atoms with Gasteiger partial charge in [0.2, 0.25) is 0 Å². The minimum atomic E-state index is -0.603. The van der Waals surface area contributed by atoms with E-state index in [4.69, 9.17) is 27.9 Å². The molecule has 2 nitrogen and oxygen atoms in total. The van der Waals surface area contributed by atoms with Crippen molar-refractivity contribution in [1.29, 1.82) is 0 Å². The van der Waals surface area contributed by atoms with Gasteiger partial charge in [0.05, 0.1) is 6.61 Å². The van der Waals surface area contributed by atoms with Gasteiger partial charge in [-0.2, -0.15) is 0 Å². The van der Waals surface area contributed by atoms with Gasteiger partial charge in [-0.3, -0.25) is 4.79 Å². The summed E-state index contributed by atoms with van der Waals surface area (Å²) in [5.41, 5.74) is 0. The summed E-state index contributed by atoms with van der Waals surface area (Å²) in [6.45, 7) is 0.408. The van der Waals surface area contributed by atoms with Crippen LogP contribution in [-0.4, -0.2) is 23.3 Å². The molecule has 0 aromatic rings. The summed E-state index contributed by atoms with van der Waals surface area (Å²) in [7, 11) is 0. The summed E-state index contributed by atoms with van der Waals surface area (Å²) in [6, 6.07) is 0. The maximum absolute atomic E-state index is 11.1. The molecule has 1 aliphatic heterocycles. The zero-order valence-corrected chi connectivity index (χ0v) is 8.72. The summed E-state index contributed by atoms with van der Waals surface area (Å²) in [6.07, 6.45) is 5.93. The van der Waals surface area contributed by atoms with Gasteiger partial charge < -0.3 is 4.74 Å².